The zero-order valence-corrected chi connectivity index (χ0v) is 19.8. The van der Waals surface area contributed by atoms with Gasteiger partial charge in [-0.2, -0.15) is 0 Å². The molecule has 5 rings (SSSR count). The maximum absolute atomic E-state index is 11.5. The summed E-state index contributed by atoms with van der Waals surface area (Å²) in [7, 11) is 1.68. The lowest BCUT2D eigenvalue weighted by Crippen LogP contribution is -1.91. The van der Waals surface area contributed by atoms with Crippen LogP contribution in [0.5, 0.6) is 5.75 Å². The Hall–Kier alpha value is -3.80. The highest BCUT2D eigenvalue weighted by Gasteiger charge is 2.13. The largest absolute Gasteiger partial charge is 0.497 e. The third kappa shape index (κ3) is 4.29. The number of aromatic nitrogens is 3. The highest BCUT2D eigenvalue weighted by atomic mass is 16.5. The number of aryl methyl sites for hydroxylation is 3. The predicted molar refractivity (Wildman–Crippen MR) is 132 cm³/mol. The van der Waals surface area contributed by atoms with Crippen LogP contribution < -0.4 is 4.74 Å². The second kappa shape index (κ2) is 9.36. The third-order valence-electron chi connectivity index (χ3n) is 5.89. The molecule has 0 saturated heterocycles. The Morgan fingerprint density at radius 1 is 0.970 bits per heavy atom. The molecule has 0 spiro atoms. The summed E-state index contributed by atoms with van der Waals surface area (Å²) >= 11 is 0. The first-order valence-electron chi connectivity index (χ1n) is 11.1. The average Bonchev–Trinajstić information content (AvgIpc) is 3.55. The Kier molecular flexibility index (Phi) is 6.36. The standard InChI is InChI=1S/C14H14N2O2.C13H15NO/c1-3-16-9-12(14-6-7-15-18-14)11-5-4-10(17-2)8-13(11)16;1-4-14-8-12(10(3)15)11-6-5-9(2)7-13(11)14/h4-9H,3H2,1-2H3;5-8H,4H2,1-3H3. The highest BCUT2D eigenvalue weighted by molar-refractivity contribution is 6.07. The maximum Gasteiger partial charge on any atom is 0.168 e. The fourth-order valence-electron chi connectivity index (χ4n) is 4.16. The second-order valence-corrected chi connectivity index (χ2v) is 7.99. The molecule has 3 aromatic heterocycles. The summed E-state index contributed by atoms with van der Waals surface area (Å²) in [5.74, 6) is 1.79. The number of benzene rings is 2. The summed E-state index contributed by atoms with van der Waals surface area (Å²) in [6.45, 7) is 9.69. The number of ketones is 1. The van der Waals surface area contributed by atoms with E-state index in [1.54, 1.807) is 20.2 Å². The van der Waals surface area contributed by atoms with Gasteiger partial charge in [-0.3, -0.25) is 4.79 Å². The fraction of sp³-hybridized carbons (Fsp3) is 0.259. The number of nitrogens with zero attached hydrogens (tertiary/aromatic N) is 3. The van der Waals surface area contributed by atoms with E-state index in [1.807, 2.05) is 30.5 Å². The van der Waals surface area contributed by atoms with Crippen LogP contribution in [-0.4, -0.2) is 27.2 Å². The summed E-state index contributed by atoms with van der Waals surface area (Å²) in [6, 6.07) is 14.1. The van der Waals surface area contributed by atoms with Crippen LogP contribution in [0.15, 0.2) is 65.6 Å². The molecule has 0 fully saturated rings. The van der Waals surface area contributed by atoms with Gasteiger partial charge in [0.15, 0.2) is 11.5 Å². The van der Waals surface area contributed by atoms with E-state index in [4.69, 9.17) is 9.26 Å². The lowest BCUT2D eigenvalue weighted by molar-refractivity contribution is 0.101. The van der Waals surface area contributed by atoms with Crippen molar-refractivity contribution in [2.45, 2.75) is 40.8 Å². The van der Waals surface area contributed by atoms with Crippen LogP contribution in [-0.2, 0) is 13.1 Å². The first-order chi connectivity index (χ1) is 16.0. The van der Waals surface area contributed by atoms with Crippen molar-refractivity contribution in [2.75, 3.05) is 7.11 Å². The lowest BCUT2D eigenvalue weighted by Gasteiger charge is -2.03. The number of fused-ring (bicyclic) bond motifs is 2. The van der Waals surface area contributed by atoms with E-state index in [0.29, 0.717) is 0 Å². The van der Waals surface area contributed by atoms with Crippen molar-refractivity contribution >= 4 is 27.6 Å². The maximum atomic E-state index is 11.5. The summed E-state index contributed by atoms with van der Waals surface area (Å²) < 4.78 is 14.8. The normalized spacial score (nSPS) is 10.9. The van der Waals surface area contributed by atoms with E-state index in [0.717, 1.165) is 57.5 Å². The van der Waals surface area contributed by atoms with E-state index in [-0.39, 0.29) is 5.78 Å². The van der Waals surface area contributed by atoms with Gasteiger partial charge in [-0.15, -0.1) is 0 Å². The van der Waals surface area contributed by atoms with E-state index in [1.165, 1.54) is 5.56 Å². The number of rotatable bonds is 5. The first-order valence-corrected chi connectivity index (χ1v) is 11.1. The molecule has 6 heteroatoms. The van der Waals surface area contributed by atoms with Crippen LogP contribution in [0.2, 0.25) is 0 Å². The summed E-state index contributed by atoms with van der Waals surface area (Å²) in [5.41, 5.74) is 5.41. The van der Waals surface area contributed by atoms with Crippen LogP contribution in [0.1, 0.15) is 36.7 Å². The molecule has 0 aliphatic carbocycles. The smallest absolute Gasteiger partial charge is 0.168 e. The number of methoxy groups -OCH3 is 1. The molecule has 0 aliphatic rings. The van der Waals surface area contributed by atoms with Crippen molar-refractivity contribution in [3.05, 3.63) is 72.2 Å². The molecular weight excluding hydrogens is 414 g/mol. The zero-order chi connectivity index (χ0) is 23.5. The van der Waals surface area contributed by atoms with Crippen molar-refractivity contribution in [3.8, 4) is 17.1 Å². The molecule has 0 radical (unpaired) electrons. The first kappa shape index (κ1) is 22.4. The molecule has 0 bridgehead atoms. The van der Waals surface area contributed by atoms with Gasteiger partial charge in [0.05, 0.1) is 18.8 Å². The molecule has 6 nitrogen and oxygen atoms in total. The molecule has 0 unspecified atom stereocenters. The Balaban J connectivity index is 0.000000160. The van der Waals surface area contributed by atoms with Crippen molar-refractivity contribution < 1.29 is 14.1 Å². The number of Topliss-reactive ketones (excluding diaryl/α,β-unsaturated/α-hetero) is 1. The van der Waals surface area contributed by atoms with Crippen molar-refractivity contribution in [1.29, 1.82) is 0 Å². The van der Waals surface area contributed by atoms with Crippen LogP contribution in [0, 0.1) is 6.92 Å². The Morgan fingerprint density at radius 2 is 1.67 bits per heavy atom. The van der Waals surface area contributed by atoms with Crippen LogP contribution in [0.4, 0.5) is 0 Å². The van der Waals surface area contributed by atoms with Crippen LogP contribution in [0.25, 0.3) is 33.1 Å². The van der Waals surface area contributed by atoms with E-state index in [2.05, 4.69) is 59.5 Å². The average molecular weight is 444 g/mol. The number of carbonyl (C=O) groups excluding carboxylic acids is 1. The van der Waals surface area contributed by atoms with E-state index in [9.17, 15) is 4.79 Å². The van der Waals surface area contributed by atoms with Gasteiger partial charge in [0.2, 0.25) is 0 Å². The van der Waals surface area contributed by atoms with Gasteiger partial charge < -0.3 is 18.4 Å². The monoisotopic (exact) mass is 443 g/mol. The summed E-state index contributed by atoms with van der Waals surface area (Å²) in [5, 5.41) is 5.98. The fourth-order valence-corrected chi connectivity index (χ4v) is 4.16. The third-order valence-corrected chi connectivity index (χ3v) is 5.89. The van der Waals surface area contributed by atoms with Gasteiger partial charge >= 0.3 is 0 Å². The molecule has 3 heterocycles. The van der Waals surface area contributed by atoms with Crippen molar-refractivity contribution in [3.63, 3.8) is 0 Å². The molecule has 170 valence electrons. The van der Waals surface area contributed by atoms with E-state index >= 15 is 0 Å². The molecule has 33 heavy (non-hydrogen) atoms. The molecular formula is C27H29N3O3. The topological polar surface area (TPSA) is 62.2 Å². The molecule has 5 aromatic rings. The number of hydrogen-bond acceptors (Lipinski definition) is 4. The van der Waals surface area contributed by atoms with E-state index < -0.39 is 0 Å². The summed E-state index contributed by atoms with van der Waals surface area (Å²) in [6.07, 6.45) is 5.70. The molecule has 0 atom stereocenters. The lowest BCUT2D eigenvalue weighted by atomic mass is 10.1. The van der Waals surface area contributed by atoms with Gasteiger partial charge in [0.1, 0.15) is 5.75 Å². The van der Waals surface area contributed by atoms with Gasteiger partial charge in [-0.05, 0) is 51.5 Å². The van der Waals surface area contributed by atoms with Crippen LogP contribution >= 0.6 is 0 Å². The molecule has 2 aromatic carbocycles. The van der Waals surface area contributed by atoms with Gasteiger partial charge in [-0.25, -0.2) is 0 Å². The predicted octanol–water partition coefficient (Wildman–Crippen LogP) is 6.50. The van der Waals surface area contributed by atoms with Crippen molar-refractivity contribution in [1.82, 2.24) is 14.3 Å². The quantitative estimate of drug-likeness (QED) is 0.291. The van der Waals surface area contributed by atoms with Gasteiger partial charge in [-0.1, -0.05) is 17.3 Å². The minimum Gasteiger partial charge on any atom is -0.497 e. The van der Waals surface area contributed by atoms with Gasteiger partial charge in [0.25, 0.3) is 0 Å². The summed E-state index contributed by atoms with van der Waals surface area (Å²) in [4.78, 5) is 11.5. The Bertz CT molecular complexity index is 1410. The van der Waals surface area contributed by atoms with Gasteiger partial charge in [0, 0.05) is 65.0 Å². The minimum absolute atomic E-state index is 0.135. The van der Waals surface area contributed by atoms with Crippen LogP contribution in [0.3, 0.4) is 0 Å². The molecule has 0 N–H and O–H groups in total. The molecule has 0 amide bonds. The number of carbonyl (C=O) groups is 1. The molecule has 0 saturated carbocycles. The second-order valence-electron chi connectivity index (χ2n) is 7.99. The Morgan fingerprint density at radius 3 is 2.30 bits per heavy atom. The number of hydrogen-bond donors (Lipinski definition) is 0. The number of ether oxygens (including phenoxy) is 1. The van der Waals surface area contributed by atoms with Crippen molar-refractivity contribution in [2.24, 2.45) is 0 Å². The zero-order valence-electron chi connectivity index (χ0n) is 19.8. The SMILES string of the molecule is CCn1cc(-c2ccno2)c2ccc(OC)cc21.CCn1cc(C(C)=O)c2ccc(C)cc21. The minimum atomic E-state index is 0.135. The Labute approximate surface area is 193 Å². The highest BCUT2D eigenvalue weighted by Crippen LogP contribution is 2.32. The molecule has 0 aliphatic heterocycles.